The summed E-state index contributed by atoms with van der Waals surface area (Å²) in [4.78, 5) is 3.73. The quantitative estimate of drug-likeness (QED) is 0.683. The largest absolute Gasteiger partial charge is 0.484 e. The van der Waals surface area contributed by atoms with Crippen LogP contribution in [0.1, 0.15) is 30.0 Å². The second-order valence-electron chi connectivity index (χ2n) is 3.77. The lowest BCUT2D eigenvalue weighted by atomic mass is 9.84. The van der Waals surface area contributed by atoms with Crippen LogP contribution in [0.25, 0.3) is 0 Å². The van der Waals surface area contributed by atoms with E-state index < -0.39 is 13.3 Å². The molecule has 0 amide bonds. The molecule has 0 N–H and O–H groups in total. The second-order valence-corrected chi connectivity index (χ2v) is 3.77. The van der Waals surface area contributed by atoms with Crippen molar-refractivity contribution in [1.82, 2.24) is 4.98 Å². The minimum Gasteiger partial charge on any atom is -0.449 e. The van der Waals surface area contributed by atoms with E-state index in [2.05, 4.69) is 4.98 Å². The van der Waals surface area contributed by atoms with Crippen LogP contribution in [0.4, 0.5) is 12.9 Å². The molecule has 1 aliphatic carbocycles. The Balaban J connectivity index is 2.13. The first-order valence-corrected chi connectivity index (χ1v) is 4.70. The van der Waals surface area contributed by atoms with Crippen LogP contribution in [-0.4, -0.2) is 12.0 Å². The molecule has 1 aromatic heterocycles. The number of pyridine rings is 1. The molecule has 1 aromatic rings. The first-order valence-electron chi connectivity index (χ1n) is 4.70. The molecule has 0 saturated heterocycles. The van der Waals surface area contributed by atoms with Crippen LogP contribution in [0.3, 0.4) is 0 Å². The average molecular weight is 200 g/mol. The topological polar surface area (TPSA) is 12.9 Å². The van der Waals surface area contributed by atoms with Gasteiger partial charge in [0, 0.05) is 11.9 Å². The molecule has 0 bridgehead atoms. The lowest BCUT2D eigenvalue weighted by Crippen LogP contribution is -2.20. The lowest BCUT2D eigenvalue weighted by Gasteiger charge is -2.13. The van der Waals surface area contributed by atoms with Crippen molar-refractivity contribution in [3.05, 3.63) is 29.6 Å². The van der Waals surface area contributed by atoms with Crippen molar-refractivity contribution >= 4 is 6.98 Å². The van der Waals surface area contributed by atoms with Crippen molar-refractivity contribution in [3.63, 3.8) is 0 Å². The van der Waals surface area contributed by atoms with Gasteiger partial charge in [-0.05, 0) is 42.8 Å². The van der Waals surface area contributed by atoms with Gasteiger partial charge in [0.25, 0.3) is 0 Å². The summed E-state index contributed by atoms with van der Waals surface area (Å²) in [6.07, 6.45) is 2.81. The van der Waals surface area contributed by atoms with Gasteiger partial charge in [0.05, 0.1) is 0 Å². The fourth-order valence-corrected chi connectivity index (χ4v) is 1.52. The van der Waals surface area contributed by atoms with E-state index in [1.165, 1.54) is 6.20 Å². The van der Waals surface area contributed by atoms with Crippen molar-refractivity contribution in [2.75, 3.05) is 0 Å². The van der Waals surface area contributed by atoms with Gasteiger partial charge in [-0.15, -0.1) is 0 Å². The maximum atomic E-state index is 12.1. The monoisotopic (exact) mass is 200 g/mol. The molecule has 0 unspecified atom stereocenters. The van der Waals surface area contributed by atoms with Gasteiger partial charge in [-0.25, -0.2) is 0 Å². The third kappa shape index (κ3) is 2.50. The highest BCUT2D eigenvalue weighted by Crippen LogP contribution is 2.40. The van der Waals surface area contributed by atoms with Gasteiger partial charge in [-0.2, -0.15) is 0 Å². The lowest BCUT2D eigenvalue weighted by molar-refractivity contribution is 0.467. The number of hydrogen-bond donors (Lipinski definition) is 0. The van der Waals surface area contributed by atoms with E-state index in [0.29, 0.717) is 5.92 Å². The Labute approximate surface area is 80.4 Å². The molecule has 0 aromatic carbocycles. The first-order chi connectivity index (χ1) is 6.54. The smallest absolute Gasteiger partial charge is 0.449 e. The van der Waals surface area contributed by atoms with Crippen molar-refractivity contribution in [1.29, 1.82) is 0 Å². The summed E-state index contributed by atoms with van der Waals surface area (Å²) in [6, 6.07) is 3.40. The molecule has 0 radical (unpaired) electrons. The van der Waals surface area contributed by atoms with Crippen LogP contribution in [0.5, 0.6) is 0 Å². The third-order valence-corrected chi connectivity index (χ3v) is 2.33. The van der Waals surface area contributed by atoms with Gasteiger partial charge in [0.15, 0.2) is 0 Å². The van der Waals surface area contributed by atoms with Gasteiger partial charge in [0.2, 0.25) is 0 Å². The van der Waals surface area contributed by atoms with Crippen molar-refractivity contribution in [2.45, 2.75) is 25.1 Å². The number of aromatic nitrogens is 1. The summed E-state index contributed by atoms with van der Waals surface area (Å²) in [5, 5.41) is 0. The molecule has 0 aliphatic heterocycles. The van der Waals surface area contributed by atoms with E-state index in [9.17, 15) is 12.9 Å². The van der Waals surface area contributed by atoms with E-state index in [1.807, 2.05) is 6.07 Å². The molecule has 1 heterocycles. The third-order valence-electron chi connectivity index (χ3n) is 2.33. The fourth-order valence-electron chi connectivity index (χ4n) is 1.52. The van der Waals surface area contributed by atoms with Crippen LogP contribution in [0.2, 0.25) is 0 Å². The minimum absolute atomic E-state index is 0.155. The summed E-state index contributed by atoms with van der Waals surface area (Å²) >= 11 is 0. The molecule has 1 saturated carbocycles. The van der Waals surface area contributed by atoms with E-state index in [0.717, 1.165) is 18.4 Å². The summed E-state index contributed by atoms with van der Waals surface area (Å²) in [7, 11) is 0. The Morgan fingerprint density at radius 3 is 2.64 bits per heavy atom. The molecule has 76 valence electrons. The average Bonchev–Trinajstić information content (AvgIpc) is 2.83. The van der Waals surface area contributed by atoms with Gasteiger partial charge in [-0.1, -0.05) is 0 Å². The summed E-state index contributed by atoms with van der Waals surface area (Å²) in [5.41, 5.74) is 1.16. The highest BCUT2D eigenvalue weighted by Gasteiger charge is 2.26. The van der Waals surface area contributed by atoms with E-state index in [1.54, 1.807) is 6.07 Å². The zero-order valence-electron chi connectivity index (χ0n) is 7.59. The van der Waals surface area contributed by atoms with E-state index >= 15 is 0 Å². The van der Waals surface area contributed by atoms with Gasteiger partial charge in [-0.3, -0.25) is 4.98 Å². The number of halogens is 3. The predicted molar refractivity (Wildman–Crippen MR) is 49.0 cm³/mol. The Morgan fingerprint density at radius 2 is 2.07 bits per heavy atom. The summed E-state index contributed by atoms with van der Waals surface area (Å²) < 4.78 is 36.3. The van der Waals surface area contributed by atoms with Crippen molar-refractivity contribution in [2.24, 2.45) is 0 Å². The molecular formula is C9H10BF3N-. The zero-order valence-corrected chi connectivity index (χ0v) is 7.59. The minimum atomic E-state index is -4.76. The van der Waals surface area contributed by atoms with E-state index in [-0.39, 0.29) is 5.69 Å². The molecule has 5 heteroatoms. The maximum absolute atomic E-state index is 12.1. The van der Waals surface area contributed by atoms with Crippen molar-refractivity contribution < 1.29 is 12.9 Å². The van der Waals surface area contributed by atoms with Gasteiger partial charge in [0.1, 0.15) is 0 Å². The van der Waals surface area contributed by atoms with Crippen LogP contribution >= 0.6 is 0 Å². The highest BCUT2D eigenvalue weighted by atomic mass is 19.4. The Kier molecular flexibility index (Phi) is 2.25. The van der Waals surface area contributed by atoms with Crippen LogP contribution in [0, 0.1) is 0 Å². The van der Waals surface area contributed by atoms with Crippen LogP contribution in [0.15, 0.2) is 18.3 Å². The Hall–Kier alpha value is -0.995. The SMILES string of the molecule is F[B-](F)(F)Cc1cc(C2CC2)ccn1. The summed E-state index contributed by atoms with van der Waals surface area (Å²) in [6.45, 7) is -4.76. The predicted octanol–water partition coefficient (Wildman–Crippen LogP) is 2.89. The van der Waals surface area contributed by atoms with E-state index in [4.69, 9.17) is 0 Å². The molecule has 0 atom stereocenters. The molecule has 1 aliphatic rings. The standard InChI is InChI=1S/C9H10BF3N/c11-10(12,13)6-9-5-8(3-4-14-9)7-1-2-7/h3-5,7H,1-2,6H2/q-1. The fraction of sp³-hybridized carbons (Fsp3) is 0.444. The maximum Gasteiger partial charge on any atom is 0.484 e. The normalized spacial score (nSPS) is 17.1. The Bertz CT molecular complexity index is 333. The summed E-state index contributed by atoms with van der Waals surface area (Å²) in [5.74, 6) is 0.484. The molecular weight excluding hydrogens is 190 g/mol. The molecule has 2 rings (SSSR count). The van der Waals surface area contributed by atoms with Gasteiger partial charge < -0.3 is 12.9 Å². The Morgan fingerprint density at radius 1 is 1.36 bits per heavy atom. The zero-order chi connectivity index (χ0) is 10.2. The molecule has 14 heavy (non-hydrogen) atoms. The number of hydrogen-bond acceptors (Lipinski definition) is 1. The molecule has 0 spiro atoms. The van der Waals surface area contributed by atoms with Crippen LogP contribution in [-0.2, 0) is 6.32 Å². The van der Waals surface area contributed by atoms with Crippen molar-refractivity contribution in [3.8, 4) is 0 Å². The number of rotatable bonds is 3. The van der Waals surface area contributed by atoms with Crippen LogP contribution < -0.4 is 0 Å². The van der Waals surface area contributed by atoms with Gasteiger partial charge >= 0.3 is 6.98 Å². The first kappa shape index (κ1) is 9.56. The second kappa shape index (κ2) is 3.30. The highest BCUT2D eigenvalue weighted by molar-refractivity contribution is 6.57. The molecule has 1 fully saturated rings. The molecule has 1 nitrogen and oxygen atoms in total. The number of nitrogens with zero attached hydrogens (tertiary/aromatic N) is 1.